The molecule has 4 heteroatoms. The Morgan fingerprint density at radius 3 is 3.24 bits per heavy atom. The lowest BCUT2D eigenvalue weighted by atomic mass is 9.94. The third kappa shape index (κ3) is 2.50. The van der Waals surface area contributed by atoms with E-state index in [2.05, 4.69) is 34.0 Å². The molecular weight excluding hydrogens is 300 g/mol. The Kier molecular flexibility index (Phi) is 3.49. The van der Waals surface area contributed by atoms with Crippen molar-refractivity contribution >= 4 is 33.8 Å². The summed E-state index contributed by atoms with van der Waals surface area (Å²) in [5, 5.41) is 7.98. The van der Waals surface area contributed by atoms with Crippen molar-refractivity contribution in [2.45, 2.75) is 31.8 Å². The molecule has 0 spiro atoms. The first kappa shape index (κ1) is 13.4. The summed E-state index contributed by atoms with van der Waals surface area (Å²) in [6.07, 6.45) is 5.86. The van der Waals surface area contributed by atoms with Crippen molar-refractivity contribution < 1.29 is 0 Å². The minimum Gasteiger partial charge on any atom is -0.361 e. The molecule has 0 saturated carbocycles. The summed E-state index contributed by atoms with van der Waals surface area (Å²) >= 11 is 7.93. The van der Waals surface area contributed by atoms with E-state index < -0.39 is 0 Å². The maximum absolute atomic E-state index is 6.04. The van der Waals surface area contributed by atoms with E-state index in [1.54, 1.807) is 4.88 Å². The molecule has 2 N–H and O–H groups in total. The third-order valence-corrected chi connectivity index (χ3v) is 5.55. The van der Waals surface area contributed by atoms with Crippen LogP contribution in [-0.2, 0) is 13.0 Å². The maximum Gasteiger partial charge on any atom is 0.0472 e. The first-order chi connectivity index (χ1) is 10.3. The van der Waals surface area contributed by atoms with Gasteiger partial charge < -0.3 is 10.3 Å². The van der Waals surface area contributed by atoms with Crippen LogP contribution in [0.4, 0.5) is 0 Å². The van der Waals surface area contributed by atoms with Gasteiger partial charge in [0.05, 0.1) is 0 Å². The Labute approximate surface area is 133 Å². The van der Waals surface area contributed by atoms with Crippen molar-refractivity contribution in [1.29, 1.82) is 0 Å². The molecule has 0 saturated heterocycles. The molecule has 3 aromatic rings. The van der Waals surface area contributed by atoms with Crippen LogP contribution in [0.5, 0.6) is 0 Å². The van der Waals surface area contributed by atoms with Gasteiger partial charge in [-0.25, -0.2) is 0 Å². The summed E-state index contributed by atoms with van der Waals surface area (Å²) in [6.45, 7) is 0.890. The fourth-order valence-corrected chi connectivity index (χ4v) is 4.40. The van der Waals surface area contributed by atoms with Crippen molar-refractivity contribution in [2.75, 3.05) is 0 Å². The lowest BCUT2D eigenvalue weighted by Gasteiger charge is -2.23. The minimum atomic E-state index is 0.497. The zero-order valence-corrected chi connectivity index (χ0v) is 13.2. The molecule has 1 atom stereocenters. The van der Waals surface area contributed by atoms with Gasteiger partial charge in [0.1, 0.15) is 0 Å². The Balaban J connectivity index is 1.54. The molecular formula is C17H17ClN2S. The van der Waals surface area contributed by atoms with Crippen molar-refractivity contribution in [2.24, 2.45) is 0 Å². The van der Waals surface area contributed by atoms with Crippen molar-refractivity contribution in [3.05, 3.63) is 56.9 Å². The average molecular weight is 317 g/mol. The lowest BCUT2D eigenvalue weighted by Crippen LogP contribution is -2.23. The highest BCUT2D eigenvalue weighted by molar-refractivity contribution is 7.10. The molecule has 1 aliphatic carbocycles. The van der Waals surface area contributed by atoms with E-state index in [1.165, 1.54) is 35.8 Å². The number of fused-ring (bicyclic) bond motifs is 2. The minimum absolute atomic E-state index is 0.497. The number of aryl methyl sites for hydroxylation is 1. The average Bonchev–Trinajstić information content (AvgIpc) is 3.11. The van der Waals surface area contributed by atoms with Crippen LogP contribution in [0.1, 0.15) is 34.9 Å². The number of nitrogens with one attached hydrogen (secondary N) is 2. The van der Waals surface area contributed by atoms with Crippen LogP contribution in [0, 0.1) is 0 Å². The number of benzene rings is 1. The molecule has 1 unspecified atom stereocenters. The number of aromatic nitrogens is 1. The smallest absolute Gasteiger partial charge is 0.0472 e. The normalized spacial score (nSPS) is 18.0. The number of hydrogen-bond donors (Lipinski definition) is 2. The van der Waals surface area contributed by atoms with E-state index in [9.17, 15) is 0 Å². The van der Waals surface area contributed by atoms with Gasteiger partial charge in [-0.15, -0.1) is 11.3 Å². The predicted molar refractivity (Wildman–Crippen MR) is 90.1 cm³/mol. The van der Waals surface area contributed by atoms with Gasteiger partial charge in [-0.2, -0.15) is 0 Å². The molecule has 21 heavy (non-hydrogen) atoms. The molecule has 0 amide bonds. The molecule has 108 valence electrons. The summed E-state index contributed by atoms with van der Waals surface area (Å²) < 4.78 is 0. The second kappa shape index (κ2) is 5.48. The zero-order valence-electron chi connectivity index (χ0n) is 11.7. The van der Waals surface area contributed by atoms with Crippen LogP contribution in [0.2, 0.25) is 5.02 Å². The van der Waals surface area contributed by atoms with E-state index in [-0.39, 0.29) is 0 Å². The second-order valence-electron chi connectivity index (χ2n) is 5.63. The number of thiophene rings is 1. The summed E-state index contributed by atoms with van der Waals surface area (Å²) in [5.41, 5.74) is 3.93. The Morgan fingerprint density at radius 2 is 2.29 bits per heavy atom. The Bertz CT molecular complexity index is 774. The molecule has 2 aromatic heterocycles. The van der Waals surface area contributed by atoms with Gasteiger partial charge in [-0.3, -0.25) is 0 Å². The molecule has 2 heterocycles. The number of rotatable bonds is 3. The fourth-order valence-electron chi connectivity index (χ4n) is 3.24. The summed E-state index contributed by atoms with van der Waals surface area (Å²) in [6, 6.07) is 8.82. The standard InChI is InChI=1S/C17H17ClN2S/c18-12-4-5-13-11(10-20-16(13)8-12)9-19-15-2-1-3-17-14(15)6-7-21-17/h4-8,10,15,19-20H,1-3,9H2. The van der Waals surface area contributed by atoms with E-state index in [0.717, 1.165) is 17.1 Å². The van der Waals surface area contributed by atoms with Crippen molar-refractivity contribution in [3.63, 3.8) is 0 Å². The highest BCUT2D eigenvalue weighted by atomic mass is 35.5. The number of H-pyrrole nitrogens is 1. The summed E-state index contributed by atoms with van der Waals surface area (Å²) in [4.78, 5) is 4.87. The number of hydrogen-bond acceptors (Lipinski definition) is 2. The topological polar surface area (TPSA) is 27.8 Å². The van der Waals surface area contributed by atoms with Crippen molar-refractivity contribution in [1.82, 2.24) is 10.3 Å². The van der Waals surface area contributed by atoms with Gasteiger partial charge in [-0.1, -0.05) is 17.7 Å². The summed E-state index contributed by atoms with van der Waals surface area (Å²) in [7, 11) is 0. The predicted octanol–water partition coefficient (Wildman–Crippen LogP) is 5.05. The number of halogens is 1. The van der Waals surface area contributed by atoms with Gasteiger partial charge >= 0.3 is 0 Å². The monoisotopic (exact) mass is 316 g/mol. The largest absolute Gasteiger partial charge is 0.361 e. The third-order valence-electron chi connectivity index (χ3n) is 4.32. The molecule has 0 fully saturated rings. The van der Waals surface area contributed by atoms with E-state index in [0.29, 0.717) is 6.04 Å². The molecule has 0 bridgehead atoms. The van der Waals surface area contributed by atoms with Crippen LogP contribution in [0.25, 0.3) is 10.9 Å². The van der Waals surface area contributed by atoms with Gasteiger partial charge in [0.25, 0.3) is 0 Å². The van der Waals surface area contributed by atoms with Gasteiger partial charge in [0.2, 0.25) is 0 Å². The van der Waals surface area contributed by atoms with Gasteiger partial charge in [0.15, 0.2) is 0 Å². The molecule has 0 radical (unpaired) electrons. The molecule has 1 aromatic carbocycles. The molecule has 2 nitrogen and oxygen atoms in total. The van der Waals surface area contributed by atoms with Crippen molar-refractivity contribution in [3.8, 4) is 0 Å². The van der Waals surface area contributed by atoms with Crippen LogP contribution in [0.15, 0.2) is 35.8 Å². The van der Waals surface area contributed by atoms with Gasteiger partial charge in [-0.05, 0) is 54.0 Å². The Morgan fingerprint density at radius 1 is 1.33 bits per heavy atom. The second-order valence-corrected chi connectivity index (χ2v) is 7.07. The number of aromatic amines is 1. The lowest BCUT2D eigenvalue weighted by molar-refractivity contribution is 0.464. The first-order valence-electron chi connectivity index (χ1n) is 7.36. The molecule has 1 aliphatic rings. The van der Waals surface area contributed by atoms with Crippen LogP contribution >= 0.6 is 22.9 Å². The van der Waals surface area contributed by atoms with E-state index in [1.807, 2.05) is 23.5 Å². The fraction of sp³-hybridized carbons (Fsp3) is 0.294. The maximum atomic E-state index is 6.04. The molecule has 4 rings (SSSR count). The van der Waals surface area contributed by atoms with Crippen LogP contribution in [0.3, 0.4) is 0 Å². The summed E-state index contributed by atoms with van der Waals surface area (Å²) in [5.74, 6) is 0. The molecule has 0 aliphatic heterocycles. The Hall–Kier alpha value is -1.29. The quantitative estimate of drug-likeness (QED) is 0.695. The van der Waals surface area contributed by atoms with E-state index >= 15 is 0 Å². The highest BCUT2D eigenvalue weighted by Gasteiger charge is 2.20. The van der Waals surface area contributed by atoms with Crippen LogP contribution in [-0.4, -0.2) is 4.98 Å². The highest BCUT2D eigenvalue weighted by Crippen LogP contribution is 2.33. The van der Waals surface area contributed by atoms with Gasteiger partial charge in [0, 0.05) is 39.6 Å². The van der Waals surface area contributed by atoms with Crippen LogP contribution < -0.4 is 5.32 Å². The first-order valence-corrected chi connectivity index (χ1v) is 8.62. The SMILES string of the molecule is Clc1ccc2c(CNC3CCCc4sccc43)c[nH]c2c1. The zero-order chi connectivity index (χ0) is 14.2. The van der Waals surface area contributed by atoms with E-state index in [4.69, 9.17) is 11.6 Å².